The predicted molar refractivity (Wildman–Crippen MR) is 105 cm³/mol. The van der Waals surface area contributed by atoms with E-state index in [-0.39, 0.29) is 12.0 Å². The topological polar surface area (TPSA) is 59.0 Å². The lowest BCUT2D eigenvalue weighted by Crippen LogP contribution is -2.41. The van der Waals surface area contributed by atoms with Crippen LogP contribution in [0.5, 0.6) is 11.5 Å². The van der Waals surface area contributed by atoms with Crippen molar-refractivity contribution >= 4 is 5.97 Å². The minimum atomic E-state index is -0.721. The van der Waals surface area contributed by atoms with Gasteiger partial charge in [-0.2, -0.15) is 0 Å². The maximum Gasteiger partial charge on any atom is 0.307 e. The summed E-state index contributed by atoms with van der Waals surface area (Å²) in [5, 5.41) is 9.55. The third kappa shape index (κ3) is 3.93. The molecule has 1 fully saturated rings. The van der Waals surface area contributed by atoms with Crippen LogP contribution in [0.25, 0.3) is 0 Å². The Morgan fingerprint density at radius 2 is 1.85 bits per heavy atom. The van der Waals surface area contributed by atoms with Crippen molar-refractivity contribution in [1.82, 2.24) is 4.90 Å². The van der Waals surface area contributed by atoms with Crippen LogP contribution in [-0.2, 0) is 4.79 Å². The number of ether oxygens (including phenoxy) is 2. The van der Waals surface area contributed by atoms with Crippen molar-refractivity contribution in [1.29, 1.82) is 0 Å². The van der Waals surface area contributed by atoms with Gasteiger partial charge >= 0.3 is 5.97 Å². The zero-order chi connectivity index (χ0) is 19.4. The Kier molecular flexibility index (Phi) is 6.01. The van der Waals surface area contributed by atoms with Crippen molar-refractivity contribution in [3.63, 3.8) is 0 Å². The summed E-state index contributed by atoms with van der Waals surface area (Å²) in [6.07, 6.45) is 1.59. The number of hydrogen-bond acceptors (Lipinski definition) is 4. The van der Waals surface area contributed by atoms with Crippen LogP contribution in [0.3, 0.4) is 0 Å². The lowest BCUT2D eigenvalue weighted by Gasteiger charge is -2.38. The summed E-state index contributed by atoms with van der Waals surface area (Å²) in [6.45, 7) is 3.46. The molecule has 0 aliphatic carbocycles. The molecule has 0 radical (unpaired) electrons. The van der Waals surface area contributed by atoms with E-state index in [1.165, 1.54) is 5.56 Å². The van der Waals surface area contributed by atoms with Gasteiger partial charge in [0.2, 0.25) is 0 Å². The average Bonchev–Trinajstić information content (AvgIpc) is 2.69. The number of nitrogens with zero attached hydrogens (tertiary/aromatic N) is 1. The fraction of sp³-hybridized carbons (Fsp3) is 0.409. The molecular weight excluding hydrogens is 342 g/mol. The van der Waals surface area contributed by atoms with Crippen LogP contribution in [0.15, 0.2) is 42.5 Å². The smallest absolute Gasteiger partial charge is 0.307 e. The minimum Gasteiger partial charge on any atom is -0.493 e. The fourth-order valence-corrected chi connectivity index (χ4v) is 4.02. The van der Waals surface area contributed by atoms with Crippen molar-refractivity contribution in [3.8, 4) is 11.5 Å². The molecule has 2 aromatic carbocycles. The molecule has 1 aliphatic rings. The second-order valence-corrected chi connectivity index (χ2v) is 7.01. The molecule has 1 aliphatic heterocycles. The summed E-state index contributed by atoms with van der Waals surface area (Å²) in [5.41, 5.74) is 3.33. The summed E-state index contributed by atoms with van der Waals surface area (Å²) >= 11 is 0. The first kappa shape index (κ1) is 19.2. The monoisotopic (exact) mass is 369 g/mol. The zero-order valence-electron chi connectivity index (χ0n) is 16.1. The Morgan fingerprint density at radius 3 is 2.52 bits per heavy atom. The van der Waals surface area contributed by atoms with Crippen LogP contribution in [0.4, 0.5) is 0 Å². The Bertz CT molecular complexity index is 805. The van der Waals surface area contributed by atoms with Gasteiger partial charge in [0, 0.05) is 12.1 Å². The Balaban J connectivity index is 2.12. The largest absolute Gasteiger partial charge is 0.493 e. The third-order valence-electron chi connectivity index (χ3n) is 5.38. The summed E-state index contributed by atoms with van der Waals surface area (Å²) in [5.74, 6) is 0.314. The molecule has 0 aromatic heterocycles. The van der Waals surface area contributed by atoms with E-state index >= 15 is 0 Å². The molecule has 1 N–H and O–H groups in total. The number of piperidine rings is 1. The summed E-state index contributed by atoms with van der Waals surface area (Å²) < 4.78 is 11.2. The fourth-order valence-electron chi connectivity index (χ4n) is 4.02. The SMILES string of the molecule is COc1cccc(C(c2ccccc2C)N2CCCC(C(=O)O)C2)c1OC. The predicted octanol–water partition coefficient (Wildman–Crippen LogP) is 3.90. The molecule has 5 heteroatoms. The van der Waals surface area contributed by atoms with Gasteiger partial charge in [-0.1, -0.05) is 36.4 Å². The number of carboxylic acid groups (broad SMARTS) is 1. The van der Waals surface area contributed by atoms with Crippen LogP contribution in [-0.4, -0.2) is 43.3 Å². The van der Waals surface area contributed by atoms with Gasteiger partial charge in [-0.05, 0) is 43.5 Å². The molecule has 5 nitrogen and oxygen atoms in total. The minimum absolute atomic E-state index is 0.0848. The van der Waals surface area contributed by atoms with Gasteiger partial charge < -0.3 is 14.6 Å². The first-order valence-corrected chi connectivity index (χ1v) is 9.30. The molecule has 2 aromatic rings. The van der Waals surface area contributed by atoms with Gasteiger partial charge in [-0.3, -0.25) is 9.69 Å². The van der Waals surface area contributed by atoms with E-state index in [9.17, 15) is 9.90 Å². The van der Waals surface area contributed by atoms with Gasteiger partial charge in [0.25, 0.3) is 0 Å². The van der Waals surface area contributed by atoms with Crippen molar-refractivity contribution < 1.29 is 19.4 Å². The average molecular weight is 369 g/mol. The maximum atomic E-state index is 11.6. The molecule has 0 bridgehead atoms. The molecule has 2 unspecified atom stereocenters. The lowest BCUT2D eigenvalue weighted by atomic mass is 9.89. The first-order chi connectivity index (χ1) is 13.1. The summed E-state index contributed by atoms with van der Waals surface area (Å²) in [6, 6.07) is 14.1. The number of hydrogen-bond donors (Lipinski definition) is 1. The molecule has 1 saturated heterocycles. The number of benzene rings is 2. The molecule has 0 amide bonds. The first-order valence-electron chi connectivity index (χ1n) is 9.30. The van der Waals surface area contributed by atoms with Crippen LogP contribution in [0.1, 0.15) is 35.6 Å². The number of carboxylic acids is 1. The molecule has 1 heterocycles. The van der Waals surface area contributed by atoms with Crippen LogP contribution in [0.2, 0.25) is 0 Å². The van der Waals surface area contributed by atoms with Gasteiger partial charge in [0.05, 0.1) is 26.2 Å². The number of para-hydroxylation sites is 1. The number of methoxy groups -OCH3 is 2. The highest BCUT2D eigenvalue weighted by Gasteiger charge is 2.33. The van der Waals surface area contributed by atoms with E-state index < -0.39 is 5.97 Å². The second kappa shape index (κ2) is 8.44. The van der Waals surface area contributed by atoms with Crippen LogP contribution in [0, 0.1) is 12.8 Å². The Labute approximate surface area is 160 Å². The lowest BCUT2D eigenvalue weighted by molar-refractivity contribution is -0.143. The standard InChI is InChI=1S/C22H27NO4/c1-15-8-4-5-10-17(15)20(23-13-7-9-16(14-23)22(24)25)18-11-6-12-19(26-2)21(18)27-3/h4-6,8,10-12,16,20H,7,9,13-14H2,1-3H3,(H,24,25). The van der Waals surface area contributed by atoms with Gasteiger partial charge in [0.1, 0.15) is 0 Å². The van der Waals surface area contributed by atoms with E-state index in [2.05, 4.69) is 24.0 Å². The van der Waals surface area contributed by atoms with Crippen LogP contribution >= 0.6 is 0 Å². The van der Waals surface area contributed by atoms with Gasteiger partial charge in [-0.25, -0.2) is 0 Å². The number of likely N-dealkylation sites (tertiary alicyclic amines) is 1. The van der Waals surface area contributed by atoms with E-state index in [4.69, 9.17) is 9.47 Å². The summed E-state index contributed by atoms with van der Waals surface area (Å²) in [7, 11) is 3.28. The molecular formula is C22H27NO4. The number of carbonyl (C=O) groups is 1. The highest BCUT2D eigenvalue weighted by Crippen LogP contribution is 2.42. The summed E-state index contributed by atoms with van der Waals surface area (Å²) in [4.78, 5) is 13.9. The highest BCUT2D eigenvalue weighted by atomic mass is 16.5. The number of aryl methyl sites for hydroxylation is 1. The Morgan fingerprint density at radius 1 is 1.11 bits per heavy atom. The highest BCUT2D eigenvalue weighted by molar-refractivity contribution is 5.70. The van der Waals surface area contributed by atoms with Crippen molar-refractivity contribution in [2.45, 2.75) is 25.8 Å². The Hall–Kier alpha value is -2.53. The van der Waals surface area contributed by atoms with Gasteiger partial charge in [-0.15, -0.1) is 0 Å². The van der Waals surface area contributed by atoms with Crippen LogP contribution < -0.4 is 9.47 Å². The number of rotatable bonds is 6. The molecule has 0 spiro atoms. The van der Waals surface area contributed by atoms with Crippen molar-refractivity contribution in [2.75, 3.05) is 27.3 Å². The van der Waals surface area contributed by atoms with E-state index in [1.807, 2.05) is 30.3 Å². The molecule has 27 heavy (non-hydrogen) atoms. The molecule has 144 valence electrons. The molecule has 2 atom stereocenters. The molecule has 0 saturated carbocycles. The molecule has 3 rings (SSSR count). The van der Waals surface area contributed by atoms with E-state index in [0.29, 0.717) is 18.0 Å². The maximum absolute atomic E-state index is 11.6. The van der Waals surface area contributed by atoms with Crippen molar-refractivity contribution in [3.05, 3.63) is 59.2 Å². The number of aliphatic carboxylic acids is 1. The van der Waals surface area contributed by atoms with Crippen molar-refractivity contribution in [2.24, 2.45) is 5.92 Å². The quantitative estimate of drug-likeness (QED) is 0.837. The van der Waals surface area contributed by atoms with E-state index in [0.717, 1.165) is 30.5 Å². The zero-order valence-corrected chi connectivity index (χ0v) is 16.1. The third-order valence-corrected chi connectivity index (χ3v) is 5.38. The van der Waals surface area contributed by atoms with E-state index in [1.54, 1.807) is 14.2 Å². The van der Waals surface area contributed by atoms with Gasteiger partial charge in [0.15, 0.2) is 11.5 Å². The second-order valence-electron chi connectivity index (χ2n) is 7.01. The normalized spacial score (nSPS) is 18.7.